The Labute approximate surface area is 159 Å². The fourth-order valence-corrected chi connectivity index (χ4v) is 3.28. The van der Waals surface area contributed by atoms with Crippen LogP contribution in [0.4, 0.5) is 10.1 Å². The third-order valence-electron chi connectivity index (χ3n) is 4.04. The third kappa shape index (κ3) is 5.96. The van der Waals surface area contributed by atoms with E-state index in [0.29, 0.717) is 0 Å². The lowest BCUT2D eigenvalue weighted by atomic mass is 10.1. The summed E-state index contributed by atoms with van der Waals surface area (Å²) in [7, 11) is -3.69. The van der Waals surface area contributed by atoms with Crippen molar-refractivity contribution in [1.29, 1.82) is 0 Å². The van der Waals surface area contributed by atoms with Crippen LogP contribution in [-0.4, -0.2) is 40.3 Å². The number of carbonyl (C=O) groups is 1. The maximum absolute atomic E-state index is 13.0. The zero-order valence-electron chi connectivity index (χ0n) is 15.5. The molecule has 2 aromatic carbocycles. The van der Waals surface area contributed by atoms with Gasteiger partial charge in [0.1, 0.15) is 24.7 Å². The van der Waals surface area contributed by atoms with Gasteiger partial charge in [0.05, 0.1) is 18.5 Å². The molecule has 0 atom stereocenters. The second-order valence-corrected chi connectivity index (χ2v) is 8.05. The summed E-state index contributed by atoms with van der Waals surface area (Å²) in [5, 5.41) is 2.63. The summed E-state index contributed by atoms with van der Waals surface area (Å²) in [6, 6.07) is 10.6. The van der Waals surface area contributed by atoms with E-state index in [9.17, 15) is 17.6 Å². The molecule has 0 aliphatic rings. The van der Waals surface area contributed by atoms with Crippen LogP contribution in [0.15, 0.2) is 42.5 Å². The van der Waals surface area contributed by atoms with E-state index in [1.54, 1.807) is 0 Å². The Balaban J connectivity index is 1.90. The molecule has 0 aromatic heterocycles. The number of rotatable bonds is 8. The molecule has 2 aromatic rings. The van der Waals surface area contributed by atoms with E-state index in [1.165, 1.54) is 12.1 Å². The lowest BCUT2D eigenvalue weighted by Crippen LogP contribution is -2.41. The number of amides is 1. The SMILES string of the molecule is Cc1cccc(OCCNC(=O)CN(c2ccc(F)cc2)S(C)(=O)=O)c1C. The monoisotopic (exact) mass is 394 g/mol. The summed E-state index contributed by atoms with van der Waals surface area (Å²) >= 11 is 0. The van der Waals surface area contributed by atoms with Crippen LogP contribution in [0.5, 0.6) is 5.75 Å². The molecule has 0 aliphatic heterocycles. The first-order valence-electron chi connectivity index (χ1n) is 8.37. The number of halogens is 1. The van der Waals surface area contributed by atoms with Crippen LogP contribution >= 0.6 is 0 Å². The number of hydrogen-bond acceptors (Lipinski definition) is 4. The largest absolute Gasteiger partial charge is 0.491 e. The summed E-state index contributed by atoms with van der Waals surface area (Å²) in [6.45, 7) is 4.03. The van der Waals surface area contributed by atoms with Crippen molar-refractivity contribution in [2.45, 2.75) is 13.8 Å². The zero-order valence-corrected chi connectivity index (χ0v) is 16.3. The highest BCUT2D eigenvalue weighted by Gasteiger charge is 2.20. The minimum absolute atomic E-state index is 0.223. The third-order valence-corrected chi connectivity index (χ3v) is 5.18. The summed E-state index contributed by atoms with van der Waals surface area (Å²) in [6.07, 6.45) is 0.993. The van der Waals surface area contributed by atoms with Gasteiger partial charge in [0.25, 0.3) is 0 Å². The first-order valence-corrected chi connectivity index (χ1v) is 10.2. The van der Waals surface area contributed by atoms with Crippen molar-refractivity contribution in [3.05, 3.63) is 59.4 Å². The maximum Gasteiger partial charge on any atom is 0.240 e. The van der Waals surface area contributed by atoms with Crippen LogP contribution in [-0.2, 0) is 14.8 Å². The van der Waals surface area contributed by atoms with Gasteiger partial charge in [-0.2, -0.15) is 0 Å². The molecular weight excluding hydrogens is 371 g/mol. The molecule has 0 bridgehead atoms. The van der Waals surface area contributed by atoms with Crippen molar-refractivity contribution in [3.8, 4) is 5.75 Å². The lowest BCUT2D eigenvalue weighted by Gasteiger charge is -2.21. The molecule has 1 amide bonds. The molecule has 8 heteroatoms. The van der Waals surface area contributed by atoms with Gasteiger partial charge in [0.15, 0.2) is 0 Å². The Hall–Kier alpha value is -2.61. The van der Waals surface area contributed by atoms with Gasteiger partial charge in [-0.3, -0.25) is 9.10 Å². The minimum Gasteiger partial charge on any atom is -0.491 e. The molecule has 0 aliphatic carbocycles. The predicted molar refractivity (Wildman–Crippen MR) is 103 cm³/mol. The molecule has 0 radical (unpaired) electrons. The molecule has 27 heavy (non-hydrogen) atoms. The molecule has 0 saturated heterocycles. The molecule has 0 unspecified atom stereocenters. The molecule has 6 nitrogen and oxygen atoms in total. The van der Waals surface area contributed by atoms with E-state index in [2.05, 4.69) is 5.32 Å². The normalized spacial score (nSPS) is 11.1. The van der Waals surface area contributed by atoms with Gasteiger partial charge < -0.3 is 10.1 Å². The molecule has 2 rings (SSSR count). The van der Waals surface area contributed by atoms with E-state index in [4.69, 9.17) is 4.74 Å². The highest BCUT2D eigenvalue weighted by molar-refractivity contribution is 7.92. The van der Waals surface area contributed by atoms with Crippen LogP contribution in [0.25, 0.3) is 0 Å². The predicted octanol–water partition coefficient (Wildman–Crippen LogP) is 2.40. The van der Waals surface area contributed by atoms with Crippen LogP contribution in [0.1, 0.15) is 11.1 Å². The Morgan fingerprint density at radius 3 is 2.44 bits per heavy atom. The molecule has 0 saturated carbocycles. The average molecular weight is 394 g/mol. The molecular formula is C19H23FN2O4S. The van der Waals surface area contributed by atoms with Crippen LogP contribution in [0.2, 0.25) is 0 Å². The van der Waals surface area contributed by atoms with Crippen LogP contribution < -0.4 is 14.4 Å². The molecule has 1 N–H and O–H groups in total. The van der Waals surface area contributed by atoms with Crippen molar-refractivity contribution in [3.63, 3.8) is 0 Å². The molecule has 146 valence electrons. The van der Waals surface area contributed by atoms with Gasteiger partial charge in [0.2, 0.25) is 15.9 Å². The van der Waals surface area contributed by atoms with E-state index >= 15 is 0 Å². The smallest absolute Gasteiger partial charge is 0.240 e. The number of hydrogen-bond donors (Lipinski definition) is 1. The van der Waals surface area contributed by atoms with Gasteiger partial charge >= 0.3 is 0 Å². The minimum atomic E-state index is -3.69. The number of carbonyl (C=O) groups excluding carboxylic acids is 1. The molecule has 0 heterocycles. The second kappa shape index (κ2) is 8.85. The van der Waals surface area contributed by atoms with Crippen molar-refractivity contribution < 1.29 is 22.3 Å². The van der Waals surface area contributed by atoms with E-state index < -0.39 is 28.3 Å². The molecule has 0 spiro atoms. The Kier molecular flexibility index (Phi) is 6.79. The summed E-state index contributed by atoms with van der Waals surface area (Å²) in [4.78, 5) is 12.1. The lowest BCUT2D eigenvalue weighted by molar-refractivity contribution is -0.119. The van der Waals surface area contributed by atoms with Gasteiger partial charge in [-0.1, -0.05) is 12.1 Å². The quantitative estimate of drug-likeness (QED) is 0.698. The van der Waals surface area contributed by atoms with Crippen LogP contribution in [0.3, 0.4) is 0 Å². The summed E-state index contributed by atoms with van der Waals surface area (Å²) < 4.78 is 43.5. The fourth-order valence-electron chi connectivity index (χ4n) is 2.43. The van der Waals surface area contributed by atoms with E-state index in [-0.39, 0.29) is 18.8 Å². The Bertz CT molecular complexity index is 898. The topological polar surface area (TPSA) is 75.7 Å². The number of nitrogens with one attached hydrogen (secondary N) is 1. The zero-order chi connectivity index (χ0) is 20.0. The van der Waals surface area contributed by atoms with Crippen LogP contribution in [0, 0.1) is 19.7 Å². The van der Waals surface area contributed by atoms with Crippen molar-refractivity contribution in [2.24, 2.45) is 0 Å². The van der Waals surface area contributed by atoms with Gasteiger partial charge in [-0.15, -0.1) is 0 Å². The highest BCUT2D eigenvalue weighted by Crippen LogP contribution is 2.20. The average Bonchev–Trinajstić information content (AvgIpc) is 2.60. The summed E-state index contributed by atoms with van der Waals surface area (Å²) in [5.74, 6) is -0.220. The van der Waals surface area contributed by atoms with Gasteiger partial charge in [0, 0.05) is 0 Å². The fraction of sp³-hybridized carbons (Fsp3) is 0.316. The second-order valence-electron chi connectivity index (χ2n) is 6.14. The van der Waals surface area contributed by atoms with E-state index in [1.807, 2.05) is 32.0 Å². The maximum atomic E-state index is 13.0. The highest BCUT2D eigenvalue weighted by atomic mass is 32.2. The number of benzene rings is 2. The number of sulfonamides is 1. The van der Waals surface area contributed by atoms with Crippen molar-refractivity contribution in [1.82, 2.24) is 5.32 Å². The Morgan fingerprint density at radius 2 is 1.81 bits per heavy atom. The number of anilines is 1. The van der Waals surface area contributed by atoms with E-state index in [0.717, 1.165) is 39.6 Å². The summed E-state index contributed by atoms with van der Waals surface area (Å²) in [5.41, 5.74) is 2.36. The van der Waals surface area contributed by atoms with Gasteiger partial charge in [-0.05, 0) is 55.3 Å². The van der Waals surface area contributed by atoms with Crippen molar-refractivity contribution in [2.75, 3.05) is 30.3 Å². The number of ether oxygens (including phenoxy) is 1. The first kappa shape index (κ1) is 20.7. The first-order chi connectivity index (χ1) is 12.7. The standard InChI is InChI=1S/C19H23FN2O4S/c1-14-5-4-6-18(15(14)2)26-12-11-21-19(23)13-22(27(3,24)25)17-9-7-16(20)8-10-17/h4-10H,11-13H2,1-3H3,(H,21,23). The van der Waals surface area contributed by atoms with Crippen molar-refractivity contribution >= 4 is 21.6 Å². The number of nitrogens with zero attached hydrogens (tertiary/aromatic N) is 1. The number of aryl methyl sites for hydroxylation is 1. The molecule has 0 fully saturated rings. The van der Waals surface area contributed by atoms with Gasteiger partial charge in [-0.25, -0.2) is 12.8 Å². The Morgan fingerprint density at radius 1 is 1.15 bits per heavy atom.